The van der Waals surface area contributed by atoms with E-state index in [4.69, 9.17) is 23.7 Å². The molecule has 0 fully saturated rings. The average Bonchev–Trinajstić information content (AvgIpc) is 2.77. The number of aromatic carboxylic acids is 1. The number of carboxylic acid groups (broad SMARTS) is 1. The summed E-state index contributed by atoms with van der Waals surface area (Å²) < 4.78 is 27.6. The van der Waals surface area contributed by atoms with Gasteiger partial charge in [-0.25, -0.2) is 4.79 Å². The minimum Gasteiger partial charge on any atom is -0.493 e. The first-order valence-corrected chi connectivity index (χ1v) is 9.50. The van der Waals surface area contributed by atoms with Crippen molar-refractivity contribution < 1.29 is 33.6 Å². The van der Waals surface area contributed by atoms with Crippen LogP contribution in [0.2, 0.25) is 0 Å². The van der Waals surface area contributed by atoms with E-state index < -0.39 is 5.97 Å². The summed E-state index contributed by atoms with van der Waals surface area (Å²) in [7, 11) is 7.49. The first-order chi connectivity index (χ1) is 14.4. The fourth-order valence-electron chi connectivity index (χ4n) is 3.56. The molecule has 0 unspecified atom stereocenters. The molecule has 0 radical (unpaired) electrons. The number of anilines is 1. The molecule has 31 heavy (non-hydrogen) atoms. The summed E-state index contributed by atoms with van der Waals surface area (Å²) in [5.41, 5.74) is 1.43. The Kier molecular flexibility index (Phi) is 9.58. The van der Waals surface area contributed by atoms with Gasteiger partial charge in [-0.15, -0.1) is 12.4 Å². The van der Waals surface area contributed by atoms with Gasteiger partial charge in [-0.05, 0) is 31.5 Å². The normalized spacial score (nSPS) is 10.0. The van der Waals surface area contributed by atoms with Crippen LogP contribution in [-0.4, -0.2) is 59.7 Å². The van der Waals surface area contributed by atoms with Gasteiger partial charge in [-0.3, -0.25) is 0 Å². The molecule has 9 heteroatoms. The zero-order chi connectivity index (χ0) is 22.4. The van der Waals surface area contributed by atoms with E-state index >= 15 is 0 Å². The lowest BCUT2D eigenvalue weighted by atomic mass is 9.94. The Balaban J connectivity index is 0.00000480. The number of benzene rings is 2. The summed E-state index contributed by atoms with van der Waals surface area (Å²) in [5, 5.41) is 10.2. The zero-order valence-corrected chi connectivity index (χ0v) is 19.7. The highest BCUT2D eigenvalue weighted by Crippen LogP contribution is 2.53. The van der Waals surface area contributed by atoms with Crippen molar-refractivity contribution in [2.45, 2.75) is 13.8 Å². The van der Waals surface area contributed by atoms with Gasteiger partial charge in [0.15, 0.2) is 23.0 Å². The largest absolute Gasteiger partial charge is 0.493 e. The number of rotatable bonds is 10. The second kappa shape index (κ2) is 11.4. The monoisotopic (exact) mass is 455 g/mol. The molecule has 1 N–H and O–H groups in total. The van der Waals surface area contributed by atoms with E-state index in [1.165, 1.54) is 35.5 Å². The van der Waals surface area contributed by atoms with Crippen molar-refractivity contribution in [2.75, 3.05) is 53.5 Å². The minimum atomic E-state index is -1.11. The summed E-state index contributed by atoms with van der Waals surface area (Å²) in [6.45, 7) is 5.05. The molecule has 0 aliphatic carbocycles. The minimum absolute atomic E-state index is 0. The van der Waals surface area contributed by atoms with Crippen molar-refractivity contribution in [3.63, 3.8) is 0 Å². The van der Waals surface area contributed by atoms with Gasteiger partial charge in [0, 0.05) is 18.7 Å². The maximum Gasteiger partial charge on any atom is 0.338 e. The van der Waals surface area contributed by atoms with Crippen LogP contribution in [0.3, 0.4) is 0 Å². The standard InChI is InChI=1S/C22H29NO7.ClH/c1-8-23(9-2)18-17(22(24)25)16(19(28-5)21(30-7)20(18)29-6)13-10-11-14(26-3)15(12-13)27-4;/h10-12H,8-9H2,1-7H3,(H,24,25);1H. The number of carbonyl (C=O) groups is 1. The summed E-state index contributed by atoms with van der Waals surface area (Å²) in [6.07, 6.45) is 0. The number of methoxy groups -OCH3 is 5. The molecule has 2 aromatic rings. The van der Waals surface area contributed by atoms with Crippen molar-refractivity contribution in [2.24, 2.45) is 0 Å². The molecule has 8 nitrogen and oxygen atoms in total. The number of ether oxygens (including phenoxy) is 5. The van der Waals surface area contributed by atoms with Crippen LogP contribution in [0, 0.1) is 0 Å². The lowest BCUT2D eigenvalue weighted by Crippen LogP contribution is -2.26. The molecular weight excluding hydrogens is 426 g/mol. The second-order valence-electron chi connectivity index (χ2n) is 6.25. The predicted octanol–water partition coefficient (Wildman–Crippen LogP) is 4.36. The number of nitrogens with zero attached hydrogens (tertiary/aromatic N) is 1. The molecule has 0 saturated heterocycles. The van der Waals surface area contributed by atoms with Crippen molar-refractivity contribution >= 4 is 24.1 Å². The molecule has 0 heterocycles. The molecule has 2 aromatic carbocycles. The first kappa shape index (κ1) is 26.0. The van der Waals surface area contributed by atoms with Crippen molar-refractivity contribution in [1.29, 1.82) is 0 Å². The number of hydrogen-bond acceptors (Lipinski definition) is 7. The van der Waals surface area contributed by atoms with Crippen LogP contribution in [0.25, 0.3) is 11.1 Å². The van der Waals surface area contributed by atoms with Crippen LogP contribution in [0.15, 0.2) is 18.2 Å². The predicted molar refractivity (Wildman–Crippen MR) is 122 cm³/mol. The molecule has 0 aliphatic heterocycles. The third-order valence-corrected chi connectivity index (χ3v) is 4.92. The van der Waals surface area contributed by atoms with Crippen LogP contribution < -0.4 is 28.6 Å². The first-order valence-electron chi connectivity index (χ1n) is 9.50. The van der Waals surface area contributed by atoms with Crippen LogP contribution in [-0.2, 0) is 0 Å². The topological polar surface area (TPSA) is 86.7 Å². The van der Waals surface area contributed by atoms with E-state index in [0.29, 0.717) is 52.9 Å². The molecular formula is C22H30ClNO7. The van der Waals surface area contributed by atoms with Crippen LogP contribution in [0.5, 0.6) is 28.7 Å². The Morgan fingerprint density at radius 1 is 0.839 bits per heavy atom. The molecule has 2 rings (SSSR count). The van der Waals surface area contributed by atoms with Crippen molar-refractivity contribution in [1.82, 2.24) is 0 Å². The number of carboxylic acids is 1. The number of halogens is 1. The third kappa shape index (κ3) is 4.69. The maximum atomic E-state index is 12.5. The van der Waals surface area contributed by atoms with Gasteiger partial charge in [-0.2, -0.15) is 0 Å². The Morgan fingerprint density at radius 3 is 1.81 bits per heavy atom. The molecule has 0 atom stereocenters. The Morgan fingerprint density at radius 2 is 1.39 bits per heavy atom. The summed E-state index contributed by atoms with van der Waals surface area (Å²) >= 11 is 0. The fourth-order valence-corrected chi connectivity index (χ4v) is 3.56. The number of hydrogen-bond donors (Lipinski definition) is 1. The van der Waals surface area contributed by atoms with Gasteiger partial charge in [0.25, 0.3) is 0 Å². The van der Waals surface area contributed by atoms with Gasteiger partial charge in [0.1, 0.15) is 0 Å². The summed E-state index contributed by atoms with van der Waals surface area (Å²) in [5.74, 6) is 0.765. The van der Waals surface area contributed by atoms with Gasteiger partial charge in [-0.1, -0.05) is 6.07 Å². The van der Waals surface area contributed by atoms with Crippen LogP contribution in [0.1, 0.15) is 24.2 Å². The van der Waals surface area contributed by atoms with Crippen LogP contribution >= 0.6 is 12.4 Å². The van der Waals surface area contributed by atoms with Gasteiger partial charge in [0.05, 0.1) is 46.8 Å². The maximum absolute atomic E-state index is 12.5. The Labute approximate surface area is 189 Å². The van der Waals surface area contributed by atoms with E-state index in [2.05, 4.69) is 0 Å². The Hall–Kier alpha value is -3.00. The van der Waals surface area contributed by atoms with Gasteiger partial charge in [0.2, 0.25) is 5.75 Å². The van der Waals surface area contributed by atoms with E-state index in [0.717, 1.165) is 0 Å². The van der Waals surface area contributed by atoms with Gasteiger partial charge < -0.3 is 33.7 Å². The van der Waals surface area contributed by atoms with Crippen molar-refractivity contribution in [3.05, 3.63) is 23.8 Å². The summed E-state index contributed by atoms with van der Waals surface area (Å²) in [4.78, 5) is 14.4. The Bertz CT molecular complexity index is 913. The summed E-state index contributed by atoms with van der Waals surface area (Å²) in [6, 6.07) is 5.18. The lowest BCUT2D eigenvalue weighted by Gasteiger charge is -2.29. The van der Waals surface area contributed by atoms with E-state index in [-0.39, 0.29) is 23.7 Å². The highest BCUT2D eigenvalue weighted by Gasteiger charge is 2.33. The molecule has 0 amide bonds. The van der Waals surface area contributed by atoms with E-state index in [1.807, 2.05) is 18.7 Å². The molecule has 0 bridgehead atoms. The van der Waals surface area contributed by atoms with E-state index in [1.54, 1.807) is 18.2 Å². The smallest absolute Gasteiger partial charge is 0.338 e. The molecule has 172 valence electrons. The van der Waals surface area contributed by atoms with Crippen molar-refractivity contribution in [3.8, 4) is 39.9 Å². The SMILES string of the molecule is CCN(CC)c1c(OC)c(OC)c(OC)c(-c2ccc(OC)c(OC)c2)c1C(=O)O.Cl. The third-order valence-electron chi connectivity index (χ3n) is 4.92. The van der Waals surface area contributed by atoms with Gasteiger partial charge >= 0.3 is 5.97 Å². The highest BCUT2D eigenvalue weighted by atomic mass is 35.5. The van der Waals surface area contributed by atoms with Crippen LogP contribution in [0.4, 0.5) is 5.69 Å². The zero-order valence-electron chi connectivity index (χ0n) is 18.9. The quantitative estimate of drug-likeness (QED) is 0.565. The molecule has 0 saturated carbocycles. The lowest BCUT2D eigenvalue weighted by molar-refractivity contribution is 0.0697. The second-order valence-corrected chi connectivity index (χ2v) is 6.25. The fraction of sp³-hybridized carbons (Fsp3) is 0.409. The van der Waals surface area contributed by atoms with E-state index in [9.17, 15) is 9.90 Å². The molecule has 0 aromatic heterocycles. The molecule has 0 spiro atoms. The average molecular weight is 456 g/mol. The highest BCUT2D eigenvalue weighted by molar-refractivity contribution is 6.07. The molecule has 0 aliphatic rings.